The van der Waals surface area contributed by atoms with Crippen LogP contribution in [-0.2, 0) is 9.59 Å². The number of ketones is 1. The van der Waals surface area contributed by atoms with E-state index in [-0.39, 0.29) is 23.8 Å². The van der Waals surface area contributed by atoms with Crippen molar-refractivity contribution in [3.8, 4) is 12.3 Å². The molecule has 0 fully saturated rings. The summed E-state index contributed by atoms with van der Waals surface area (Å²) in [6, 6.07) is 0. The van der Waals surface area contributed by atoms with E-state index < -0.39 is 0 Å². The number of rotatable bonds is 0. The summed E-state index contributed by atoms with van der Waals surface area (Å²) in [5, 5.41) is 4.66. The molecule has 0 saturated heterocycles. The van der Waals surface area contributed by atoms with E-state index in [2.05, 4.69) is 11.0 Å². The van der Waals surface area contributed by atoms with Crippen LogP contribution in [0.2, 0.25) is 0 Å². The van der Waals surface area contributed by atoms with Crippen molar-refractivity contribution in [1.29, 1.82) is 0 Å². The third-order valence-electron chi connectivity index (χ3n) is 1.32. The van der Waals surface area contributed by atoms with Gasteiger partial charge in [-0.2, -0.15) is 5.10 Å². The number of hydrogen-bond acceptors (Lipinski definition) is 3. The number of terminal acetylenes is 1. The maximum absolute atomic E-state index is 10.9. The molecule has 0 spiro atoms. The number of hydrogen-bond donors (Lipinski definition) is 0. The fraction of sp³-hybridized carbons (Fsp3) is 0.286. The van der Waals surface area contributed by atoms with E-state index in [9.17, 15) is 9.59 Å². The van der Waals surface area contributed by atoms with Crippen molar-refractivity contribution in [2.24, 2.45) is 5.10 Å². The maximum atomic E-state index is 10.9. The van der Waals surface area contributed by atoms with Gasteiger partial charge >= 0.3 is 0 Å². The van der Waals surface area contributed by atoms with Crippen molar-refractivity contribution < 1.29 is 9.59 Å². The molecule has 1 aliphatic rings. The van der Waals surface area contributed by atoms with Gasteiger partial charge in [0.05, 0.1) is 6.42 Å². The van der Waals surface area contributed by atoms with Gasteiger partial charge in [-0.25, -0.2) is 5.01 Å². The standard InChI is InChI=1S/C7H6N2O2/c1-3-5-6(10)4-7(11)9(2)8-5/h1H,4H2,2H3. The predicted molar refractivity (Wildman–Crippen MR) is 38.7 cm³/mol. The van der Waals surface area contributed by atoms with E-state index in [0.29, 0.717) is 0 Å². The van der Waals surface area contributed by atoms with E-state index in [1.165, 1.54) is 7.05 Å². The molecule has 0 aromatic heterocycles. The number of nitrogens with zero attached hydrogens (tertiary/aromatic N) is 2. The minimum Gasteiger partial charge on any atom is -0.291 e. The van der Waals surface area contributed by atoms with Gasteiger partial charge in [0.1, 0.15) is 0 Å². The summed E-state index contributed by atoms with van der Waals surface area (Å²) >= 11 is 0. The second-order valence-corrected chi connectivity index (χ2v) is 2.11. The first-order chi connectivity index (χ1) is 5.15. The van der Waals surface area contributed by atoms with Crippen LogP contribution in [0.15, 0.2) is 5.10 Å². The van der Waals surface area contributed by atoms with Crippen molar-refractivity contribution in [2.75, 3.05) is 7.05 Å². The number of carbonyl (C=O) groups excluding carboxylic acids is 2. The lowest BCUT2D eigenvalue weighted by Crippen LogP contribution is -2.33. The van der Waals surface area contributed by atoms with Crippen molar-refractivity contribution in [3.63, 3.8) is 0 Å². The molecule has 1 amide bonds. The van der Waals surface area contributed by atoms with Crippen LogP contribution < -0.4 is 0 Å². The summed E-state index contributed by atoms with van der Waals surface area (Å²) in [4.78, 5) is 21.7. The zero-order chi connectivity index (χ0) is 8.43. The Balaban J connectivity index is 2.99. The van der Waals surface area contributed by atoms with E-state index in [4.69, 9.17) is 6.42 Å². The molecule has 1 heterocycles. The predicted octanol–water partition coefficient (Wildman–Crippen LogP) is -0.593. The normalized spacial score (nSPS) is 17.8. The molecule has 0 aromatic carbocycles. The highest BCUT2D eigenvalue weighted by Crippen LogP contribution is 2.02. The smallest absolute Gasteiger partial charge is 0.250 e. The van der Waals surface area contributed by atoms with Crippen LogP contribution >= 0.6 is 0 Å². The van der Waals surface area contributed by atoms with E-state index >= 15 is 0 Å². The van der Waals surface area contributed by atoms with Crippen LogP contribution in [0.5, 0.6) is 0 Å². The molecule has 56 valence electrons. The van der Waals surface area contributed by atoms with Gasteiger partial charge in [-0.05, 0) is 5.92 Å². The Hall–Kier alpha value is -1.63. The zero-order valence-corrected chi connectivity index (χ0v) is 6.00. The van der Waals surface area contributed by atoms with Gasteiger partial charge in [-0.1, -0.05) is 0 Å². The van der Waals surface area contributed by atoms with Gasteiger partial charge in [-0.15, -0.1) is 6.42 Å². The molecule has 0 bridgehead atoms. The van der Waals surface area contributed by atoms with Gasteiger partial charge < -0.3 is 0 Å². The highest BCUT2D eigenvalue weighted by Gasteiger charge is 2.23. The maximum Gasteiger partial charge on any atom is 0.250 e. The average molecular weight is 150 g/mol. The molecule has 0 saturated carbocycles. The largest absolute Gasteiger partial charge is 0.291 e. The van der Waals surface area contributed by atoms with Crippen LogP contribution in [0.4, 0.5) is 0 Å². The summed E-state index contributed by atoms with van der Waals surface area (Å²) in [6.45, 7) is 0. The first kappa shape index (κ1) is 7.48. The number of hydrazone groups is 1. The molecule has 0 aromatic rings. The molecule has 0 N–H and O–H groups in total. The number of amides is 1. The fourth-order valence-electron chi connectivity index (χ4n) is 0.706. The van der Waals surface area contributed by atoms with Crippen molar-refractivity contribution >= 4 is 17.4 Å². The van der Waals surface area contributed by atoms with Crippen LogP contribution in [0.3, 0.4) is 0 Å². The first-order valence-electron chi connectivity index (χ1n) is 3.00. The fourth-order valence-corrected chi connectivity index (χ4v) is 0.706. The molecule has 11 heavy (non-hydrogen) atoms. The number of Topliss-reactive ketones (excluding diaryl/α,β-unsaturated/α-hetero) is 1. The Bertz CT molecular complexity index is 285. The van der Waals surface area contributed by atoms with Crippen LogP contribution in [-0.4, -0.2) is 29.5 Å². The van der Waals surface area contributed by atoms with Gasteiger partial charge in [0.2, 0.25) is 11.7 Å². The third kappa shape index (κ3) is 1.27. The summed E-state index contributed by atoms with van der Waals surface area (Å²) in [7, 11) is 1.46. The van der Waals surface area contributed by atoms with Gasteiger partial charge in [-0.3, -0.25) is 9.59 Å². The molecule has 0 unspecified atom stereocenters. The summed E-state index contributed by atoms with van der Waals surface area (Å²) < 4.78 is 0. The van der Waals surface area contributed by atoms with Crippen molar-refractivity contribution in [2.45, 2.75) is 6.42 Å². The summed E-state index contributed by atoms with van der Waals surface area (Å²) in [6.07, 6.45) is 4.79. The monoisotopic (exact) mass is 150 g/mol. The highest BCUT2D eigenvalue weighted by atomic mass is 16.2. The molecule has 0 radical (unpaired) electrons. The molecular formula is C7H6N2O2. The van der Waals surface area contributed by atoms with Gasteiger partial charge in [0.15, 0.2) is 5.71 Å². The minimum atomic E-state index is -0.379. The lowest BCUT2D eigenvalue weighted by Gasteiger charge is -2.15. The molecular weight excluding hydrogens is 144 g/mol. The van der Waals surface area contributed by atoms with Gasteiger partial charge in [0.25, 0.3) is 0 Å². The summed E-state index contributed by atoms with van der Waals surface area (Å²) in [5.41, 5.74) is 0.0205. The quantitative estimate of drug-likeness (QED) is 0.342. The Kier molecular flexibility index (Phi) is 1.73. The lowest BCUT2D eigenvalue weighted by molar-refractivity contribution is -0.133. The zero-order valence-electron chi connectivity index (χ0n) is 6.00. The molecule has 0 atom stereocenters. The molecule has 4 heteroatoms. The van der Waals surface area contributed by atoms with Crippen molar-refractivity contribution in [1.82, 2.24) is 5.01 Å². The molecule has 0 aliphatic carbocycles. The Morgan fingerprint density at radius 1 is 1.64 bits per heavy atom. The molecule has 4 nitrogen and oxygen atoms in total. The van der Waals surface area contributed by atoms with Crippen LogP contribution in [0.1, 0.15) is 6.42 Å². The molecule has 1 aliphatic heterocycles. The van der Waals surface area contributed by atoms with Crippen molar-refractivity contribution in [3.05, 3.63) is 0 Å². The second-order valence-electron chi connectivity index (χ2n) is 2.11. The Morgan fingerprint density at radius 3 is 2.82 bits per heavy atom. The first-order valence-corrected chi connectivity index (χ1v) is 3.00. The topological polar surface area (TPSA) is 49.7 Å². The minimum absolute atomic E-state index is 0.0205. The number of carbonyl (C=O) groups is 2. The van der Waals surface area contributed by atoms with E-state index in [1.54, 1.807) is 0 Å². The Labute approximate surface area is 63.9 Å². The van der Waals surface area contributed by atoms with E-state index in [0.717, 1.165) is 5.01 Å². The van der Waals surface area contributed by atoms with Crippen LogP contribution in [0, 0.1) is 12.3 Å². The van der Waals surface area contributed by atoms with Crippen LogP contribution in [0.25, 0.3) is 0 Å². The molecule has 1 rings (SSSR count). The third-order valence-corrected chi connectivity index (χ3v) is 1.32. The summed E-state index contributed by atoms with van der Waals surface area (Å²) in [5.74, 6) is 1.41. The SMILES string of the molecule is C#CC1=NN(C)C(=O)CC1=O. The average Bonchev–Trinajstić information content (AvgIpc) is 1.97. The van der Waals surface area contributed by atoms with E-state index in [1.807, 2.05) is 0 Å². The lowest BCUT2D eigenvalue weighted by atomic mass is 10.1. The van der Waals surface area contributed by atoms with Gasteiger partial charge in [0, 0.05) is 7.05 Å². The highest BCUT2D eigenvalue weighted by molar-refractivity contribution is 6.49. The second kappa shape index (κ2) is 2.54. The Morgan fingerprint density at radius 2 is 2.27 bits per heavy atom.